The molecule has 0 fully saturated rings. The Bertz CT molecular complexity index is 443. The van der Waals surface area contributed by atoms with Gasteiger partial charge in [-0.15, -0.1) is 0 Å². The van der Waals surface area contributed by atoms with Crippen LogP contribution in [0.3, 0.4) is 0 Å². The molecule has 2 rings (SSSR count). The summed E-state index contributed by atoms with van der Waals surface area (Å²) in [7, 11) is 2.42. The zero-order valence-electron chi connectivity index (χ0n) is 10.3. The number of nitrogens with zero attached hydrogens (tertiary/aromatic N) is 2. The minimum Gasteiger partial charge on any atom is -0.494 e. The number of aryl methyl sites for hydroxylation is 1. The van der Waals surface area contributed by atoms with Gasteiger partial charge in [0.25, 0.3) is 0 Å². The van der Waals surface area contributed by atoms with Crippen molar-refractivity contribution >= 4 is 17.7 Å². The summed E-state index contributed by atoms with van der Waals surface area (Å²) < 4.78 is 16.7. The molecular weight excluding hydrogens is 223 g/mol. The van der Waals surface area contributed by atoms with Crippen LogP contribution in [0.5, 0.6) is 5.75 Å². The average Bonchev–Trinajstić information content (AvgIpc) is 2.74. The Morgan fingerprint density at radius 1 is 1.41 bits per heavy atom. The number of carbonyl (C=O) groups is 1. The van der Waals surface area contributed by atoms with Crippen molar-refractivity contribution in [2.45, 2.75) is 6.92 Å². The number of hydrogen-bond acceptors (Lipinski definition) is 3. The van der Waals surface area contributed by atoms with E-state index in [1.54, 1.807) is 4.68 Å². The van der Waals surface area contributed by atoms with Crippen molar-refractivity contribution in [3.05, 3.63) is 24.4 Å². The Labute approximate surface area is 100.0 Å². The van der Waals surface area contributed by atoms with Gasteiger partial charge in [-0.05, 0) is 19.1 Å². The predicted molar refractivity (Wildman–Crippen MR) is 66.0 cm³/mol. The fraction of sp³-hybridized carbons (Fsp3) is 0.333. The first-order valence-corrected chi connectivity index (χ1v) is 5.02. The van der Waals surface area contributed by atoms with Gasteiger partial charge >= 0.3 is 0 Å². The van der Waals surface area contributed by atoms with E-state index >= 15 is 0 Å². The van der Waals surface area contributed by atoms with Crippen LogP contribution in [-0.4, -0.2) is 30.4 Å². The maximum absolute atomic E-state index is 9.50. The van der Waals surface area contributed by atoms with Gasteiger partial charge < -0.3 is 9.53 Å². The van der Waals surface area contributed by atoms with Crippen LogP contribution in [0.4, 0.5) is 4.39 Å². The lowest BCUT2D eigenvalue weighted by Crippen LogP contribution is -1.90. The molecule has 0 saturated carbocycles. The van der Waals surface area contributed by atoms with Gasteiger partial charge in [0, 0.05) is 24.7 Å². The van der Waals surface area contributed by atoms with E-state index in [1.165, 1.54) is 0 Å². The highest BCUT2D eigenvalue weighted by Gasteiger charge is 1.99. The third-order valence-corrected chi connectivity index (χ3v) is 1.90. The Morgan fingerprint density at radius 2 is 2.06 bits per heavy atom. The second-order valence-electron chi connectivity index (χ2n) is 2.96. The average molecular weight is 240 g/mol. The summed E-state index contributed by atoms with van der Waals surface area (Å²) in [4.78, 5) is 8.00. The molecule has 1 heterocycles. The smallest absolute Gasteiger partial charge is 0.121 e. The van der Waals surface area contributed by atoms with E-state index in [4.69, 9.17) is 9.53 Å². The lowest BCUT2D eigenvalue weighted by Gasteiger charge is -2.00. The van der Waals surface area contributed by atoms with Crippen LogP contribution in [0, 0.1) is 0 Å². The molecule has 0 bridgehead atoms. The van der Waals surface area contributed by atoms with E-state index in [0.29, 0.717) is 13.8 Å². The van der Waals surface area contributed by atoms with Gasteiger partial charge in [0.05, 0.1) is 19.3 Å². The van der Waals surface area contributed by atoms with Gasteiger partial charge in [-0.3, -0.25) is 9.07 Å². The Kier molecular flexibility index (Phi) is 7.34. The zero-order valence-corrected chi connectivity index (χ0v) is 10.3. The molecule has 4 nitrogen and oxygen atoms in total. The zero-order chi connectivity index (χ0) is 13.3. The van der Waals surface area contributed by atoms with Crippen molar-refractivity contribution in [2.24, 2.45) is 7.05 Å². The molecule has 0 amide bonds. The van der Waals surface area contributed by atoms with E-state index in [0.717, 1.165) is 16.7 Å². The summed E-state index contributed by atoms with van der Waals surface area (Å²) in [6.45, 7) is 4.67. The number of ether oxygens (including phenoxy) is 1. The van der Waals surface area contributed by atoms with Crippen molar-refractivity contribution in [1.29, 1.82) is 0 Å². The summed E-state index contributed by atoms with van der Waals surface area (Å²) in [5, 5.41) is 5.44. The predicted octanol–water partition coefficient (Wildman–Crippen LogP) is 2.37. The van der Waals surface area contributed by atoms with Crippen molar-refractivity contribution in [1.82, 2.24) is 9.78 Å². The van der Waals surface area contributed by atoms with Crippen LogP contribution in [0.25, 0.3) is 10.9 Å². The molecule has 0 radical (unpaired) electrons. The number of halogens is 1. The third kappa shape index (κ3) is 4.22. The molecule has 94 valence electrons. The highest BCUT2D eigenvalue weighted by Crippen LogP contribution is 2.18. The van der Waals surface area contributed by atoms with E-state index in [2.05, 4.69) is 5.10 Å². The van der Waals surface area contributed by atoms with Crippen molar-refractivity contribution < 1.29 is 13.9 Å². The SMILES string of the molecule is C=O.CCOc1ccc2cn(C)nc2c1.CF. The van der Waals surface area contributed by atoms with Gasteiger partial charge in [-0.2, -0.15) is 5.10 Å². The number of rotatable bonds is 2. The quantitative estimate of drug-likeness (QED) is 0.809. The van der Waals surface area contributed by atoms with Crippen LogP contribution in [0.2, 0.25) is 0 Å². The molecule has 5 heteroatoms. The first-order valence-electron chi connectivity index (χ1n) is 5.02. The van der Waals surface area contributed by atoms with Crippen LogP contribution < -0.4 is 4.74 Å². The van der Waals surface area contributed by atoms with Crippen LogP contribution in [0.1, 0.15) is 6.92 Å². The lowest BCUT2D eigenvalue weighted by atomic mass is 10.2. The van der Waals surface area contributed by atoms with E-state index in [-0.39, 0.29) is 0 Å². The summed E-state index contributed by atoms with van der Waals surface area (Å²) in [5.74, 6) is 0.883. The molecule has 17 heavy (non-hydrogen) atoms. The second kappa shape index (κ2) is 8.27. The highest BCUT2D eigenvalue weighted by molar-refractivity contribution is 5.79. The van der Waals surface area contributed by atoms with E-state index < -0.39 is 0 Å². The van der Waals surface area contributed by atoms with Gasteiger partial charge in [0.1, 0.15) is 12.5 Å². The number of carbonyl (C=O) groups excluding carboxylic acids is 1. The highest BCUT2D eigenvalue weighted by atomic mass is 19.1. The molecule has 0 unspecified atom stereocenters. The second-order valence-corrected chi connectivity index (χ2v) is 2.96. The lowest BCUT2D eigenvalue weighted by molar-refractivity contribution is -0.0979. The third-order valence-electron chi connectivity index (χ3n) is 1.90. The molecule has 0 aliphatic rings. The standard InChI is InChI=1S/C10H12N2O.CH3F.CH2O/c1-3-13-9-5-4-8-7-12(2)11-10(8)6-9;2*1-2/h4-7H,3H2,1-2H3;1H3;1H2. The minimum atomic E-state index is 0.500. The van der Waals surface area contributed by atoms with Crippen LogP contribution >= 0.6 is 0 Å². The molecule has 0 spiro atoms. The maximum Gasteiger partial charge on any atom is 0.121 e. The fourth-order valence-corrected chi connectivity index (χ4v) is 1.38. The van der Waals surface area contributed by atoms with Crippen molar-refractivity contribution in [2.75, 3.05) is 13.8 Å². The molecule has 1 aromatic carbocycles. The van der Waals surface area contributed by atoms with Gasteiger partial charge in [-0.25, -0.2) is 0 Å². The molecule has 0 saturated heterocycles. The summed E-state index contributed by atoms with van der Waals surface area (Å²) >= 11 is 0. The number of fused-ring (bicyclic) bond motifs is 1. The topological polar surface area (TPSA) is 44.1 Å². The van der Waals surface area contributed by atoms with Gasteiger partial charge in [0.2, 0.25) is 0 Å². The molecule has 1 aromatic heterocycles. The number of aromatic nitrogens is 2. The van der Waals surface area contributed by atoms with Crippen LogP contribution in [-0.2, 0) is 11.8 Å². The molecule has 0 N–H and O–H groups in total. The van der Waals surface area contributed by atoms with Crippen molar-refractivity contribution in [3.63, 3.8) is 0 Å². The monoisotopic (exact) mass is 240 g/mol. The normalized spacial score (nSPS) is 8.71. The summed E-state index contributed by atoms with van der Waals surface area (Å²) in [6.07, 6.45) is 1.99. The van der Waals surface area contributed by atoms with Gasteiger partial charge in [0.15, 0.2) is 0 Å². The van der Waals surface area contributed by atoms with Gasteiger partial charge in [-0.1, -0.05) is 0 Å². The number of benzene rings is 1. The maximum atomic E-state index is 9.50. The molecule has 0 aliphatic carbocycles. The Morgan fingerprint density at radius 3 is 2.65 bits per heavy atom. The first kappa shape index (κ1) is 15.1. The van der Waals surface area contributed by atoms with Crippen LogP contribution in [0.15, 0.2) is 24.4 Å². The summed E-state index contributed by atoms with van der Waals surface area (Å²) in [5.41, 5.74) is 0.980. The summed E-state index contributed by atoms with van der Waals surface area (Å²) in [6, 6.07) is 5.94. The minimum absolute atomic E-state index is 0.500. The Balaban J connectivity index is 0.000000581. The largest absolute Gasteiger partial charge is 0.494 e. The Hall–Kier alpha value is -1.91. The van der Waals surface area contributed by atoms with Crippen molar-refractivity contribution in [3.8, 4) is 5.75 Å². The van der Waals surface area contributed by atoms with E-state index in [9.17, 15) is 4.39 Å². The first-order chi connectivity index (χ1) is 8.29. The number of alkyl halides is 1. The number of hydrogen-bond donors (Lipinski definition) is 0. The molecule has 0 atom stereocenters. The fourth-order valence-electron chi connectivity index (χ4n) is 1.38. The molecule has 0 aliphatic heterocycles. The molecule has 2 aromatic rings. The molecular formula is C12H17FN2O2. The van der Waals surface area contributed by atoms with E-state index in [1.807, 2.05) is 45.2 Å².